The van der Waals surface area contributed by atoms with Crippen LogP contribution in [0, 0.1) is 0 Å². The van der Waals surface area contributed by atoms with Crippen LogP contribution in [-0.2, 0) is 0 Å². The number of hydrogen-bond acceptors (Lipinski definition) is 3. The third kappa shape index (κ3) is 3.37. The molecule has 0 amide bonds. The predicted molar refractivity (Wildman–Crippen MR) is 137 cm³/mol. The number of nitrogens with one attached hydrogen (secondary N) is 1. The highest BCUT2D eigenvalue weighted by atomic mass is 32.1. The first-order valence-corrected chi connectivity index (χ1v) is 11.4. The molecular weight excluding hydrogens is 412 g/mol. The van der Waals surface area contributed by atoms with Crippen molar-refractivity contribution in [2.75, 3.05) is 16.8 Å². The average molecular weight is 441 g/mol. The number of pyridine rings is 1. The van der Waals surface area contributed by atoms with Gasteiger partial charge < -0.3 is 15.1 Å². The summed E-state index contributed by atoms with van der Waals surface area (Å²) in [7, 11) is 2.17. The fourth-order valence-electron chi connectivity index (χ4n) is 4.92. The summed E-state index contributed by atoms with van der Waals surface area (Å²) in [6.07, 6.45) is 4.20. The number of para-hydroxylation sites is 1. The molecule has 32 heavy (non-hydrogen) atoms. The van der Waals surface area contributed by atoms with Crippen molar-refractivity contribution in [1.82, 2.24) is 10.3 Å². The molecule has 2 aromatic carbocycles. The van der Waals surface area contributed by atoms with Crippen LogP contribution in [0.1, 0.15) is 49.7 Å². The molecule has 162 valence electrons. The van der Waals surface area contributed by atoms with E-state index in [1.54, 1.807) is 0 Å². The maximum atomic E-state index is 5.84. The molecule has 2 aliphatic heterocycles. The smallest absolute Gasteiger partial charge is 0.174 e. The summed E-state index contributed by atoms with van der Waals surface area (Å²) in [6, 6.07) is 23.2. The van der Waals surface area contributed by atoms with Crippen LogP contribution in [0.25, 0.3) is 5.57 Å². The zero-order valence-corrected chi connectivity index (χ0v) is 19.7. The average Bonchev–Trinajstić information content (AvgIpc) is 3.15. The number of hydrogen-bond donors (Lipinski definition) is 1. The van der Waals surface area contributed by atoms with E-state index in [0.717, 1.165) is 16.5 Å². The van der Waals surface area contributed by atoms with E-state index in [1.165, 1.54) is 22.4 Å². The maximum absolute atomic E-state index is 5.84. The van der Waals surface area contributed by atoms with Crippen LogP contribution in [0.3, 0.4) is 0 Å². The molecule has 1 N–H and O–H groups in total. The van der Waals surface area contributed by atoms with Crippen LogP contribution in [0.4, 0.5) is 11.4 Å². The van der Waals surface area contributed by atoms with Crippen molar-refractivity contribution in [1.29, 1.82) is 0 Å². The third-order valence-electron chi connectivity index (χ3n) is 6.71. The lowest BCUT2D eigenvalue weighted by Crippen LogP contribution is -2.42. The number of aromatic nitrogens is 1. The van der Waals surface area contributed by atoms with Crippen LogP contribution < -0.4 is 15.1 Å². The second kappa shape index (κ2) is 7.75. The van der Waals surface area contributed by atoms with Gasteiger partial charge in [0.2, 0.25) is 0 Å². The fraction of sp³-hybridized carbons (Fsp3) is 0.259. The highest BCUT2D eigenvalue weighted by Crippen LogP contribution is 2.44. The SMILES string of the molecule is CC1=CC(C)(C)N(C)c2ccc([C@@H]3[C@H](c4ccccn4)NC(=S)N3c3ccccc3)cc21. The van der Waals surface area contributed by atoms with Gasteiger partial charge in [0, 0.05) is 30.2 Å². The van der Waals surface area contributed by atoms with Gasteiger partial charge in [-0.05, 0) is 80.5 Å². The molecule has 2 aliphatic rings. The molecule has 4 nitrogen and oxygen atoms in total. The molecule has 3 heterocycles. The summed E-state index contributed by atoms with van der Waals surface area (Å²) in [4.78, 5) is 9.24. The summed E-state index contributed by atoms with van der Waals surface area (Å²) >= 11 is 5.84. The van der Waals surface area contributed by atoms with E-state index < -0.39 is 0 Å². The summed E-state index contributed by atoms with van der Waals surface area (Å²) < 4.78 is 0. The molecule has 1 aromatic heterocycles. The minimum atomic E-state index is -0.0380. The Kier molecular flexibility index (Phi) is 5.01. The first kappa shape index (κ1) is 20.7. The highest BCUT2D eigenvalue weighted by molar-refractivity contribution is 7.80. The first-order valence-electron chi connectivity index (χ1n) is 11.0. The second-order valence-electron chi connectivity index (χ2n) is 9.15. The Morgan fingerprint density at radius 2 is 1.75 bits per heavy atom. The highest BCUT2D eigenvalue weighted by Gasteiger charge is 2.41. The van der Waals surface area contributed by atoms with Gasteiger partial charge in [0.05, 0.1) is 23.3 Å². The Morgan fingerprint density at radius 3 is 2.47 bits per heavy atom. The monoisotopic (exact) mass is 440 g/mol. The van der Waals surface area contributed by atoms with Crippen LogP contribution in [0.5, 0.6) is 0 Å². The van der Waals surface area contributed by atoms with Gasteiger partial charge >= 0.3 is 0 Å². The molecule has 0 unspecified atom stereocenters. The predicted octanol–water partition coefficient (Wildman–Crippen LogP) is 5.89. The molecule has 0 radical (unpaired) electrons. The molecule has 1 saturated heterocycles. The number of fused-ring (bicyclic) bond motifs is 1. The quantitative estimate of drug-likeness (QED) is 0.513. The van der Waals surface area contributed by atoms with Crippen molar-refractivity contribution < 1.29 is 0 Å². The third-order valence-corrected chi connectivity index (χ3v) is 7.03. The molecule has 3 aromatic rings. The number of likely N-dealkylation sites (N-methyl/N-ethyl adjacent to an activating group) is 1. The summed E-state index contributed by atoms with van der Waals surface area (Å²) in [5.41, 5.74) is 7.11. The van der Waals surface area contributed by atoms with Crippen LogP contribution in [0.2, 0.25) is 0 Å². The fourth-order valence-corrected chi connectivity index (χ4v) is 5.27. The first-order chi connectivity index (χ1) is 15.4. The van der Waals surface area contributed by atoms with Crippen molar-refractivity contribution >= 4 is 34.3 Å². The summed E-state index contributed by atoms with van der Waals surface area (Å²) in [5.74, 6) is 0. The molecule has 0 spiro atoms. The number of benzene rings is 2. The summed E-state index contributed by atoms with van der Waals surface area (Å²) in [5, 5.41) is 4.27. The van der Waals surface area contributed by atoms with Crippen LogP contribution in [-0.4, -0.2) is 22.7 Å². The van der Waals surface area contributed by atoms with Crippen molar-refractivity contribution in [3.05, 3.63) is 95.8 Å². The Bertz CT molecular complexity index is 1190. The van der Waals surface area contributed by atoms with E-state index in [-0.39, 0.29) is 17.6 Å². The molecule has 1 fully saturated rings. The second-order valence-corrected chi connectivity index (χ2v) is 9.54. The standard InChI is InChI=1S/C27H28N4S/c1-18-17-27(2,3)30(4)23-14-13-19(16-21(18)23)25-24(22-12-8-9-15-28-22)29-26(32)31(25)20-10-6-5-7-11-20/h5-17,24-25H,1-4H3,(H,29,32)/t24-,25+/m0/s1. The van der Waals surface area contributed by atoms with Crippen molar-refractivity contribution in [2.45, 2.75) is 38.4 Å². The maximum Gasteiger partial charge on any atom is 0.174 e. The van der Waals surface area contributed by atoms with Crippen molar-refractivity contribution in [2.24, 2.45) is 0 Å². The van der Waals surface area contributed by atoms with Crippen molar-refractivity contribution in [3.63, 3.8) is 0 Å². The molecule has 0 saturated carbocycles. The Hall–Kier alpha value is -3.18. The number of rotatable bonds is 3. The number of anilines is 2. The van der Waals surface area contributed by atoms with Crippen LogP contribution >= 0.6 is 12.2 Å². The van der Waals surface area contributed by atoms with Crippen LogP contribution in [0.15, 0.2) is 79.0 Å². The Labute approximate surface area is 195 Å². The van der Waals surface area contributed by atoms with E-state index in [4.69, 9.17) is 12.2 Å². The molecular formula is C27H28N4S. The number of allylic oxidation sites excluding steroid dienone is 1. The van der Waals surface area contributed by atoms with Gasteiger partial charge in [0.15, 0.2) is 5.11 Å². The topological polar surface area (TPSA) is 31.4 Å². The van der Waals surface area contributed by atoms with E-state index in [1.807, 2.05) is 24.4 Å². The molecule has 0 aliphatic carbocycles. The van der Waals surface area contributed by atoms with Gasteiger partial charge in [-0.3, -0.25) is 4.98 Å². The number of nitrogens with zero attached hydrogens (tertiary/aromatic N) is 3. The lowest BCUT2D eigenvalue weighted by molar-refractivity contribution is 0.566. The minimum Gasteiger partial charge on any atom is -0.366 e. The molecule has 2 atom stereocenters. The normalized spacial score (nSPS) is 21.8. The van der Waals surface area contributed by atoms with Gasteiger partial charge in [0.25, 0.3) is 0 Å². The Morgan fingerprint density at radius 1 is 1.00 bits per heavy atom. The Balaban J connectivity index is 1.66. The van der Waals surface area contributed by atoms with Gasteiger partial charge in [-0.15, -0.1) is 0 Å². The van der Waals surface area contributed by atoms with Gasteiger partial charge in [0.1, 0.15) is 0 Å². The number of thiocarbonyl (C=S) groups is 1. The van der Waals surface area contributed by atoms with Gasteiger partial charge in [-0.2, -0.15) is 0 Å². The van der Waals surface area contributed by atoms with E-state index in [2.05, 4.69) is 103 Å². The van der Waals surface area contributed by atoms with Gasteiger partial charge in [-0.25, -0.2) is 0 Å². The lowest BCUT2D eigenvalue weighted by Gasteiger charge is -2.41. The molecule has 0 bridgehead atoms. The molecule has 5 heteroatoms. The zero-order chi connectivity index (χ0) is 22.5. The van der Waals surface area contributed by atoms with E-state index >= 15 is 0 Å². The summed E-state index contributed by atoms with van der Waals surface area (Å²) in [6.45, 7) is 6.71. The largest absolute Gasteiger partial charge is 0.366 e. The minimum absolute atomic E-state index is 0.00172. The van der Waals surface area contributed by atoms with Crippen molar-refractivity contribution in [3.8, 4) is 0 Å². The van der Waals surface area contributed by atoms with E-state index in [9.17, 15) is 0 Å². The molecule has 5 rings (SSSR count). The lowest BCUT2D eigenvalue weighted by atomic mass is 9.86. The van der Waals surface area contributed by atoms with E-state index in [0.29, 0.717) is 0 Å². The van der Waals surface area contributed by atoms with Gasteiger partial charge in [-0.1, -0.05) is 36.4 Å². The zero-order valence-electron chi connectivity index (χ0n) is 18.9.